The Bertz CT molecular complexity index is 223. The van der Waals surface area contributed by atoms with Crippen molar-refractivity contribution in [3.63, 3.8) is 0 Å². The maximum Gasteiger partial charge on any atom is 0.00501 e. The lowest BCUT2D eigenvalue weighted by atomic mass is 9.70. The molecule has 1 saturated carbocycles. The van der Waals surface area contributed by atoms with Gasteiger partial charge in [0.05, 0.1) is 0 Å². The van der Waals surface area contributed by atoms with Crippen molar-refractivity contribution in [3.05, 3.63) is 0 Å². The van der Waals surface area contributed by atoms with Crippen molar-refractivity contribution in [2.75, 3.05) is 26.2 Å². The summed E-state index contributed by atoms with van der Waals surface area (Å²) in [6.45, 7) is 7.21. The minimum Gasteiger partial charge on any atom is -0.330 e. The first-order valence-electron chi connectivity index (χ1n) is 8.16. The summed E-state index contributed by atoms with van der Waals surface area (Å²) in [5.74, 6) is 0.928. The van der Waals surface area contributed by atoms with Crippen molar-refractivity contribution >= 4 is 0 Å². The van der Waals surface area contributed by atoms with E-state index in [-0.39, 0.29) is 0 Å². The van der Waals surface area contributed by atoms with Gasteiger partial charge < -0.3 is 10.6 Å². The van der Waals surface area contributed by atoms with Crippen LogP contribution in [0.15, 0.2) is 0 Å². The van der Waals surface area contributed by atoms with Gasteiger partial charge >= 0.3 is 0 Å². The summed E-state index contributed by atoms with van der Waals surface area (Å²) in [7, 11) is 0. The summed E-state index contributed by atoms with van der Waals surface area (Å²) in [5, 5.41) is 0. The van der Waals surface area contributed by atoms with Crippen LogP contribution < -0.4 is 5.73 Å². The number of nitrogens with two attached hydrogens (primary N) is 1. The van der Waals surface area contributed by atoms with Gasteiger partial charge in [0.1, 0.15) is 0 Å². The summed E-state index contributed by atoms with van der Waals surface area (Å²) >= 11 is 0. The SMILES string of the molecule is CC1CCC(CN)(CN2CCCCCCC2)CC1. The number of likely N-dealkylation sites (tertiary alicyclic amines) is 1. The van der Waals surface area contributed by atoms with E-state index in [2.05, 4.69) is 11.8 Å². The molecule has 18 heavy (non-hydrogen) atoms. The van der Waals surface area contributed by atoms with Crippen LogP contribution in [0.25, 0.3) is 0 Å². The summed E-state index contributed by atoms with van der Waals surface area (Å²) in [5.41, 5.74) is 6.59. The minimum atomic E-state index is 0.450. The van der Waals surface area contributed by atoms with Crippen LogP contribution in [-0.4, -0.2) is 31.1 Å². The average molecular weight is 252 g/mol. The second kappa shape index (κ2) is 6.91. The lowest BCUT2D eigenvalue weighted by Gasteiger charge is -2.42. The Balaban J connectivity index is 1.87. The van der Waals surface area contributed by atoms with Crippen molar-refractivity contribution in [2.24, 2.45) is 17.1 Å². The Morgan fingerprint density at radius 2 is 1.56 bits per heavy atom. The molecule has 0 unspecified atom stereocenters. The highest BCUT2D eigenvalue weighted by Gasteiger charge is 2.34. The Morgan fingerprint density at radius 3 is 2.11 bits per heavy atom. The molecule has 1 aliphatic carbocycles. The quantitative estimate of drug-likeness (QED) is 0.834. The van der Waals surface area contributed by atoms with Crippen LogP contribution >= 0.6 is 0 Å². The maximum absolute atomic E-state index is 6.14. The molecule has 1 saturated heterocycles. The van der Waals surface area contributed by atoms with E-state index in [1.54, 1.807) is 0 Å². The lowest BCUT2D eigenvalue weighted by Crippen LogP contribution is -2.45. The molecule has 0 atom stereocenters. The molecule has 2 aliphatic rings. The molecule has 0 aromatic carbocycles. The van der Waals surface area contributed by atoms with Crippen molar-refractivity contribution in [3.8, 4) is 0 Å². The van der Waals surface area contributed by atoms with Crippen molar-refractivity contribution in [1.82, 2.24) is 4.90 Å². The van der Waals surface area contributed by atoms with E-state index >= 15 is 0 Å². The first-order chi connectivity index (χ1) is 8.74. The lowest BCUT2D eigenvalue weighted by molar-refractivity contribution is 0.0898. The van der Waals surface area contributed by atoms with Crippen LogP contribution in [0.4, 0.5) is 0 Å². The van der Waals surface area contributed by atoms with Gasteiger partial charge in [-0.1, -0.05) is 39.0 Å². The van der Waals surface area contributed by atoms with Gasteiger partial charge in [-0.15, -0.1) is 0 Å². The van der Waals surface area contributed by atoms with Crippen LogP contribution in [0, 0.1) is 11.3 Å². The van der Waals surface area contributed by atoms with Crippen molar-refractivity contribution < 1.29 is 0 Å². The minimum absolute atomic E-state index is 0.450. The van der Waals surface area contributed by atoms with E-state index in [9.17, 15) is 0 Å². The fourth-order valence-electron chi connectivity index (χ4n) is 3.75. The van der Waals surface area contributed by atoms with Crippen molar-refractivity contribution in [1.29, 1.82) is 0 Å². The molecule has 2 rings (SSSR count). The van der Waals surface area contributed by atoms with E-state index < -0.39 is 0 Å². The van der Waals surface area contributed by atoms with Gasteiger partial charge in [-0.3, -0.25) is 0 Å². The van der Waals surface area contributed by atoms with E-state index in [1.807, 2.05) is 0 Å². The molecule has 0 aromatic heterocycles. The standard InChI is InChI=1S/C16H32N2/c1-15-7-9-16(13-17,10-8-15)14-18-11-5-3-2-4-6-12-18/h15H,2-14,17H2,1H3. The highest BCUT2D eigenvalue weighted by Crippen LogP contribution is 2.39. The smallest absolute Gasteiger partial charge is 0.00501 e. The number of rotatable bonds is 3. The van der Waals surface area contributed by atoms with Gasteiger partial charge in [-0.25, -0.2) is 0 Å². The monoisotopic (exact) mass is 252 g/mol. The third-order valence-corrected chi connectivity index (χ3v) is 5.28. The molecule has 0 radical (unpaired) electrons. The Morgan fingerprint density at radius 1 is 1.00 bits per heavy atom. The molecule has 2 heteroatoms. The number of hydrogen-bond acceptors (Lipinski definition) is 2. The Hall–Kier alpha value is -0.0800. The maximum atomic E-state index is 6.14. The molecule has 2 nitrogen and oxygen atoms in total. The Kier molecular flexibility index (Phi) is 5.50. The molecule has 2 N–H and O–H groups in total. The zero-order chi connectivity index (χ0) is 12.8. The molecule has 0 bridgehead atoms. The largest absolute Gasteiger partial charge is 0.330 e. The molecule has 1 aliphatic heterocycles. The van der Waals surface area contributed by atoms with Crippen LogP contribution in [0.5, 0.6) is 0 Å². The average Bonchev–Trinajstić information content (AvgIpc) is 2.36. The van der Waals surface area contributed by atoms with Crippen LogP contribution in [0.1, 0.15) is 64.7 Å². The van der Waals surface area contributed by atoms with Crippen LogP contribution in [0.2, 0.25) is 0 Å². The van der Waals surface area contributed by atoms with Crippen LogP contribution in [-0.2, 0) is 0 Å². The zero-order valence-electron chi connectivity index (χ0n) is 12.3. The van der Waals surface area contributed by atoms with Gasteiger partial charge in [0.15, 0.2) is 0 Å². The third-order valence-electron chi connectivity index (χ3n) is 5.28. The normalized spacial score (nSPS) is 36.0. The first-order valence-corrected chi connectivity index (χ1v) is 8.16. The summed E-state index contributed by atoms with van der Waals surface area (Å²) in [6.07, 6.45) is 12.6. The molecule has 0 spiro atoms. The summed E-state index contributed by atoms with van der Waals surface area (Å²) < 4.78 is 0. The van der Waals surface area contributed by atoms with E-state index in [0.29, 0.717) is 5.41 Å². The molecular weight excluding hydrogens is 220 g/mol. The number of nitrogens with zero attached hydrogens (tertiary/aromatic N) is 1. The molecule has 0 amide bonds. The third kappa shape index (κ3) is 3.96. The fourth-order valence-corrected chi connectivity index (χ4v) is 3.75. The number of hydrogen-bond donors (Lipinski definition) is 1. The van der Waals surface area contributed by atoms with Gasteiger partial charge in [-0.2, -0.15) is 0 Å². The topological polar surface area (TPSA) is 29.3 Å². The van der Waals surface area contributed by atoms with E-state index in [1.165, 1.54) is 77.4 Å². The highest BCUT2D eigenvalue weighted by atomic mass is 15.1. The van der Waals surface area contributed by atoms with Gasteiger partial charge in [0.2, 0.25) is 0 Å². The van der Waals surface area contributed by atoms with E-state index in [4.69, 9.17) is 5.73 Å². The summed E-state index contributed by atoms with van der Waals surface area (Å²) in [4.78, 5) is 2.72. The second-order valence-electron chi connectivity index (χ2n) is 6.93. The van der Waals surface area contributed by atoms with Crippen molar-refractivity contribution in [2.45, 2.75) is 64.7 Å². The molecule has 1 heterocycles. The predicted molar refractivity (Wildman–Crippen MR) is 78.6 cm³/mol. The molecule has 2 fully saturated rings. The molecule has 106 valence electrons. The highest BCUT2D eigenvalue weighted by molar-refractivity contribution is 4.88. The van der Waals surface area contributed by atoms with Gasteiger partial charge in [0, 0.05) is 6.54 Å². The van der Waals surface area contributed by atoms with E-state index in [0.717, 1.165) is 12.5 Å². The first kappa shape index (κ1) is 14.3. The predicted octanol–water partition coefficient (Wildman–Crippen LogP) is 3.41. The Labute approximate surface area is 113 Å². The molecule has 0 aromatic rings. The molecular formula is C16H32N2. The van der Waals surface area contributed by atoms with Gasteiger partial charge in [-0.05, 0) is 56.7 Å². The fraction of sp³-hybridized carbons (Fsp3) is 1.00. The van der Waals surface area contributed by atoms with Crippen LogP contribution in [0.3, 0.4) is 0 Å². The summed E-state index contributed by atoms with van der Waals surface area (Å²) in [6, 6.07) is 0. The zero-order valence-corrected chi connectivity index (χ0v) is 12.3. The van der Waals surface area contributed by atoms with Gasteiger partial charge in [0.25, 0.3) is 0 Å². The second-order valence-corrected chi connectivity index (χ2v) is 6.93.